The molecule has 0 atom stereocenters. The second-order valence-electron chi connectivity index (χ2n) is 14.1. The number of carbonyl (C=O) groups excluding carboxylic acids is 2. The van der Waals surface area contributed by atoms with E-state index in [4.69, 9.17) is 19.8 Å². The lowest BCUT2D eigenvalue weighted by Gasteiger charge is -2.33. The third-order valence-corrected chi connectivity index (χ3v) is 11.0. The lowest BCUT2D eigenvalue weighted by molar-refractivity contribution is -0.129. The van der Waals surface area contributed by atoms with E-state index in [0.717, 1.165) is 121 Å². The second kappa shape index (κ2) is 14.2. The molecule has 3 aliphatic rings. The molecule has 0 spiro atoms. The van der Waals surface area contributed by atoms with Gasteiger partial charge in [-0.15, -0.1) is 0 Å². The number of amides is 1. The molecule has 9 nitrogen and oxygen atoms in total. The molecule has 2 fully saturated rings. The van der Waals surface area contributed by atoms with Crippen molar-refractivity contribution in [3.8, 4) is 22.5 Å². The van der Waals surface area contributed by atoms with Crippen molar-refractivity contribution in [3.63, 3.8) is 0 Å². The number of rotatable bonds is 8. The maximum absolute atomic E-state index is 12.4. The Balaban J connectivity index is 0.967. The topological polar surface area (TPSA) is 93.5 Å². The number of hydrogen-bond acceptors (Lipinski definition) is 7. The highest BCUT2D eigenvalue weighted by atomic mass is 16.5. The van der Waals surface area contributed by atoms with Crippen LogP contribution in [0.25, 0.3) is 33.3 Å². The Labute approximate surface area is 293 Å². The average molecular weight is 669 g/mol. The first kappa shape index (κ1) is 32.3. The Kier molecular flexibility index (Phi) is 9.15. The lowest BCUT2D eigenvalue weighted by Crippen LogP contribution is -2.35. The molecule has 0 N–H and O–H groups in total. The van der Waals surface area contributed by atoms with Crippen LogP contribution in [0, 0.1) is 5.92 Å². The summed E-state index contributed by atoms with van der Waals surface area (Å²) in [6, 6.07) is 21.1. The Hall–Kier alpha value is -4.89. The predicted molar refractivity (Wildman–Crippen MR) is 195 cm³/mol. The summed E-state index contributed by atoms with van der Waals surface area (Å²) in [5.74, 6) is 0.794. The van der Waals surface area contributed by atoms with Gasteiger partial charge in [-0.3, -0.25) is 24.2 Å². The van der Waals surface area contributed by atoms with Crippen molar-refractivity contribution in [1.82, 2.24) is 24.6 Å². The highest BCUT2D eigenvalue weighted by Crippen LogP contribution is 2.37. The molecule has 0 saturated carbocycles. The van der Waals surface area contributed by atoms with Gasteiger partial charge in [0.1, 0.15) is 6.29 Å². The molecule has 0 radical (unpaired) electrons. The summed E-state index contributed by atoms with van der Waals surface area (Å²) in [6.07, 6.45) is 12.0. The van der Waals surface area contributed by atoms with Crippen molar-refractivity contribution in [2.75, 3.05) is 37.7 Å². The van der Waals surface area contributed by atoms with Crippen molar-refractivity contribution in [1.29, 1.82) is 0 Å². The molecule has 50 heavy (non-hydrogen) atoms. The van der Waals surface area contributed by atoms with Gasteiger partial charge in [-0.1, -0.05) is 18.2 Å². The van der Waals surface area contributed by atoms with E-state index in [1.807, 2.05) is 29.4 Å². The van der Waals surface area contributed by atoms with Crippen molar-refractivity contribution >= 4 is 28.7 Å². The fraction of sp³-hybridized carbons (Fsp3) is 0.390. The first-order valence-corrected chi connectivity index (χ1v) is 18.1. The molecule has 2 aromatic carbocycles. The number of carbonyl (C=O) groups is 2. The van der Waals surface area contributed by atoms with Gasteiger partial charge < -0.3 is 14.5 Å². The zero-order chi connectivity index (χ0) is 34.0. The van der Waals surface area contributed by atoms with E-state index in [1.165, 1.54) is 24.2 Å². The first-order chi connectivity index (χ1) is 24.5. The van der Waals surface area contributed by atoms with Crippen LogP contribution in [-0.4, -0.2) is 69.7 Å². The number of anilines is 1. The summed E-state index contributed by atoms with van der Waals surface area (Å²) in [5.41, 5.74) is 9.38. The second-order valence-corrected chi connectivity index (χ2v) is 14.1. The number of aryl methyl sites for hydroxylation is 1. The fourth-order valence-electron chi connectivity index (χ4n) is 8.02. The SMILES string of the molecule is CC(=O)N1CCc2c(c(-c3cccc4cc(-c5ccc(CCC6CCN(c7ccc(C=O)cc7)CC6)nc5)ncc34)nn2C2CCOCC2)C1. The molecule has 0 aliphatic carbocycles. The third-order valence-electron chi connectivity index (χ3n) is 11.0. The van der Waals surface area contributed by atoms with E-state index in [9.17, 15) is 9.59 Å². The van der Waals surface area contributed by atoms with Gasteiger partial charge in [0.05, 0.1) is 17.4 Å². The smallest absolute Gasteiger partial charge is 0.219 e. The van der Waals surface area contributed by atoms with Crippen LogP contribution in [0.15, 0.2) is 73.1 Å². The quantitative estimate of drug-likeness (QED) is 0.163. The average Bonchev–Trinajstić information content (AvgIpc) is 3.56. The molecule has 6 heterocycles. The summed E-state index contributed by atoms with van der Waals surface area (Å²) >= 11 is 0. The van der Waals surface area contributed by atoms with Crippen molar-refractivity contribution < 1.29 is 14.3 Å². The Bertz CT molecular complexity index is 1990. The molecule has 1 amide bonds. The summed E-state index contributed by atoms with van der Waals surface area (Å²) in [6.45, 7) is 6.57. The number of hydrogen-bond donors (Lipinski definition) is 0. The van der Waals surface area contributed by atoms with Crippen LogP contribution in [0.1, 0.15) is 72.4 Å². The Morgan fingerprint density at radius 3 is 2.50 bits per heavy atom. The van der Waals surface area contributed by atoms with Gasteiger partial charge in [-0.25, -0.2) is 0 Å². The molecule has 3 aliphatic heterocycles. The highest BCUT2D eigenvalue weighted by Gasteiger charge is 2.30. The van der Waals surface area contributed by atoms with Crippen LogP contribution < -0.4 is 4.90 Å². The van der Waals surface area contributed by atoms with Gasteiger partial charge in [0.2, 0.25) is 5.91 Å². The minimum Gasteiger partial charge on any atom is -0.381 e. The lowest BCUT2D eigenvalue weighted by atomic mass is 9.91. The van der Waals surface area contributed by atoms with Gasteiger partial charge in [-0.05, 0) is 92.3 Å². The van der Waals surface area contributed by atoms with Crippen LogP contribution in [0.2, 0.25) is 0 Å². The molecular weight excluding hydrogens is 624 g/mol. The van der Waals surface area contributed by atoms with Crippen LogP contribution in [0.5, 0.6) is 0 Å². The van der Waals surface area contributed by atoms with E-state index >= 15 is 0 Å². The van der Waals surface area contributed by atoms with Gasteiger partial charge in [0.15, 0.2) is 0 Å². The number of aromatic nitrogens is 4. The normalized spacial score (nSPS) is 17.2. The molecule has 256 valence electrons. The van der Waals surface area contributed by atoms with Crippen molar-refractivity contribution in [2.45, 2.75) is 64.5 Å². The minimum atomic E-state index is 0.102. The molecular formula is C41H44N6O3. The van der Waals surface area contributed by atoms with Crippen LogP contribution >= 0.6 is 0 Å². The van der Waals surface area contributed by atoms with Crippen LogP contribution in [0.3, 0.4) is 0 Å². The zero-order valence-electron chi connectivity index (χ0n) is 28.8. The molecule has 0 bridgehead atoms. The summed E-state index contributed by atoms with van der Waals surface area (Å²) in [5, 5.41) is 7.43. The monoisotopic (exact) mass is 668 g/mol. The largest absolute Gasteiger partial charge is 0.381 e. The third kappa shape index (κ3) is 6.54. The maximum atomic E-state index is 12.4. The Morgan fingerprint density at radius 2 is 1.76 bits per heavy atom. The van der Waals surface area contributed by atoms with Crippen molar-refractivity contribution in [2.24, 2.45) is 5.92 Å². The Morgan fingerprint density at radius 1 is 0.940 bits per heavy atom. The molecule has 9 heteroatoms. The molecule has 8 rings (SSSR count). The maximum Gasteiger partial charge on any atom is 0.219 e. The highest BCUT2D eigenvalue weighted by molar-refractivity contribution is 5.97. The van der Waals surface area contributed by atoms with E-state index in [-0.39, 0.29) is 5.91 Å². The van der Waals surface area contributed by atoms with Crippen LogP contribution in [-0.2, 0) is 28.9 Å². The number of pyridine rings is 2. The van der Waals surface area contributed by atoms with E-state index in [0.29, 0.717) is 18.5 Å². The standard InChI is InChI=1S/C41H44N6O3/c1-28(49)46-20-15-40-38(26-46)41(44-47(40)35-16-21-50-22-17-35)36-4-2-3-31-23-39(43-25-37(31)36)32-8-10-33(42-24-32)9-5-29-13-18-45(19-14-29)34-11-6-30(27-48)7-12-34/h2-4,6-8,10-12,23-25,27,29,35H,5,9,13-22,26H2,1H3. The minimum absolute atomic E-state index is 0.102. The van der Waals surface area contributed by atoms with Crippen molar-refractivity contribution in [3.05, 3.63) is 95.6 Å². The number of benzene rings is 2. The zero-order valence-corrected chi connectivity index (χ0v) is 28.8. The molecule has 5 aromatic rings. The number of ether oxygens (including phenoxy) is 1. The molecule has 2 saturated heterocycles. The number of piperidine rings is 1. The summed E-state index contributed by atoms with van der Waals surface area (Å²) in [7, 11) is 0. The van der Waals surface area contributed by atoms with Crippen LogP contribution in [0.4, 0.5) is 5.69 Å². The van der Waals surface area contributed by atoms with Gasteiger partial charge in [0, 0.05) is 110 Å². The predicted octanol–water partition coefficient (Wildman–Crippen LogP) is 7.08. The van der Waals surface area contributed by atoms with E-state index < -0.39 is 0 Å². The first-order valence-electron chi connectivity index (χ1n) is 18.1. The summed E-state index contributed by atoms with van der Waals surface area (Å²) in [4.78, 5) is 37.5. The summed E-state index contributed by atoms with van der Waals surface area (Å²) < 4.78 is 7.91. The van der Waals surface area contributed by atoms with E-state index in [1.54, 1.807) is 6.92 Å². The van der Waals surface area contributed by atoms with Gasteiger partial charge in [-0.2, -0.15) is 5.10 Å². The fourth-order valence-corrected chi connectivity index (χ4v) is 8.02. The van der Waals surface area contributed by atoms with Gasteiger partial charge in [0.25, 0.3) is 0 Å². The number of nitrogens with zero attached hydrogens (tertiary/aromatic N) is 6. The van der Waals surface area contributed by atoms with E-state index in [2.05, 4.69) is 58.1 Å². The number of fused-ring (bicyclic) bond motifs is 2. The molecule has 0 unspecified atom stereocenters. The van der Waals surface area contributed by atoms with Gasteiger partial charge >= 0.3 is 0 Å². The number of aldehydes is 1. The molecule has 3 aromatic heterocycles.